The first-order valence-corrected chi connectivity index (χ1v) is 3.89. The summed E-state index contributed by atoms with van der Waals surface area (Å²) in [5.74, 6) is -0.532. The topological polar surface area (TPSA) is 26.0 Å². The molecule has 0 aromatic heterocycles. The van der Waals surface area contributed by atoms with Crippen molar-refractivity contribution in [1.82, 2.24) is 0 Å². The molecule has 0 saturated heterocycles. The summed E-state index contributed by atoms with van der Waals surface area (Å²) in [5.41, 5.74) is 5.52. The lowest BCUT2D eigenvalue weighted by molar-refractivity contribution is 0.128. The van der Waals surface area contributed by atoms with Crippen LogP contribution in [0.25, 0.3) is 0 Å². The zero-order chi connectivity index (χ0) is 9.84. The second-order valence-corrected chi connectivity index (χ2v) is 2.75. The molecule has 0 heterocycles. The summed E-state index contributed by atoms with van der Waals surface area (Å²) in [7, 11) is 0. The fraction of sp³-hybridized carbons (Fsp3) is 0.333. The molecule has 0 aliphatic rings. The van der Waals surface area contributed by atoms with Crippen molar-refractivity contribution in [3.63, 3.8) is 0 Å². The van der Waals surface area contributed by atoms with E-state index in [1.54, 1.807) is 6.07 Å². The van der Waals surface area contributed by atoms with Gasteiger partial charge in [0.2, 0.25) is 6.43 Å². The normalized spacial score (nSPS) is 12.4. The molecular weight excluding hydrogens is 215 g/mol. The first-order chi connectivity index (χ1) is 6.11. The Morgan fingerprint density at radius 2 is 1.79 bits per heavy atom. The smallest absolute Gasteiger partial charge is 0.240 e. The maximum Gasteiger partial charge on any atom is 0.240 e. The number of nitrogens with two attached hydrogens (primary N) is 1. The first kappa shape index (κ1) is 13.3. The molecule has 0 bridgehead atoms. The van der Waals surface area contributed by atoms with Crippen LogP contribution in [0.5, 0.6) is 0 Å². The molecule has 1 aromatic rings. The third-order valence-corrected chi connectivity index (χ3v) is 1.74. The second kappa shape index (κ2) is 5.88. The molecule has 1 atom stereocenters. The van der Waals surface area contributed by atoms with Gasteiger partial charge in [0.15, 0.2) is 0 Å². The van der Waals surface area contributed by atoms with Gasteiger partial charge in [0.05, 0.1) is 0 Å². The zero-order valence-corrected chi connectivity index (χ0v) is 8.11. The third-order valence-electron chi connectivity index (χ3n) is 1.74. The zero-order valence-electron chi connectivity index (χ0n) is 7.29. The van der Waals surface area contributed by atoms with Crippen molar-refractivity contribution >= 4 is 12.4 Å². The highest BCUT2D eigenvalue weighted by atomic mass is 35.5. The molecule has 1 aromatic carbocycles. The van der Waals surface area contributed by atoms with Gasteiger partial charge in [-0.15, -0.1) is 12.4 Å². The van der Waals surface area contributed by atoms with Crippen molar-refractivity contribution in [3.8, 4) is 0 Å². The summed E-state index contributed by atoms with van der Waals surface area (Å²) in [5, 5.41) is 0. The Labute approximate surface area is 86.5 Å². The molecule has 0 fully saturated rings. The van der Waals surface area contributed by atoms with Crippen LogP contribution in [0.3, 0.4) is 0 Å². The van der Waals surface area contributed by atoms with Gasteiger partial charge in [-0.3, -0.25) is 0 Å². The largest absolute Gasteiger partial charge is 0.324 e. The summed E-state index contributed by atoms with van der Waals surface area (Å²) in [4.78, 5) is 0. The van der Waals surface area contributed by atoms with E-state index in [1.165, 1.54) is 18.2 Å². The molecule has 0 aliphatic heterocycles. The molecule has 1 rings (SSSR count). The molecule has 80 valence electrons. The Balaban J connectivity index is 0.00000169. The number of hydrogen-bond donors (Lipinski definition) is 1. The molecule has 0 saturated carbocycles. The lowest BCUT2D eigenvalue weighted by Crippen LogP contribution is -2.15. The minimum absolute atomic E-state index is 0. The van der Waals surface area contributed by atoms with Gasteiger partial charge in [0.25, 0.3) is 0 Å². The van der Waals surface area contributed by atoms with E-state index in [9.17, 15) is 13.2 Å². The summed E-state index contributed by atoms with van der Waals surface area (Å²) in [6.07, 6.45) is -3.02. The summed E-state index contributed by atoms with van der Waals surface area (Å²) in [6, 6.07) is 4.77. The van der Waals surface area contributed by atoms with Crippen LogP contribution in [0, 0.1) is 5.82 Å². The number of rotatable bonds is 3. The van der Waals surface area contributed by atoms with E-state index in [4.69, 9.17) is 5.73 Å². The fourth-order valence-electron chi connectivity index (χ4n) is 1.09. The lowest BCUT2D eigenvalue weighted by Gasteiger charge is -2.11. The monoisotopic (exact) mass is 225 g/mol. The van der Waals surface area contributed by atoms with Gasteiger partial charge in [0, 0.05) is 18.0 Å². The van der Waals surface area contributed by atoms with E-state index in [1.807, 2.05) is 0 Å². The number of halogens is 4. The molecule has 0 aliphatic carbocycles. The molecule has 5 heteroatoms. The maximum absolute atomic E-state index is 13.0. The Morgan fingerprint density at radius 3 is 2.29 bits per heavy atom. The van der Waals surface area contributed by atoms with Crippen LogP contribution in [0.4, 0.5) is 13.2 Å². The highest BCUT2D eigenvalue weighted by molar-refractivity contribution is 5.85. The van der Waals surface area contributed by atoms with Crippen molar-refractivity contribution in [2.45, 2.75) is 18.9 Å². The van der Waals surface area contributed by atoms with Crippen LogP contribution >= 0.6 is 12.4 Å². The van der Waals surface area contributed by atoms with Crippen LogP contribution in [0.15, 0.2) is 24.3 Å². The quantitative estimate of drug-likeness (QED) is 0.841. The Morgan fingerprint density at radius 1 is 1.21 bits per heavy atom. The van der Waals surface area contributed by atoms with Crippen molar-refractivity contribution in [3.05, 3.63) is 35.6 Å². The van der Waals surface area contributed by atoms with Crippen molar-refractivity contribution < 1.29 is 13.2 Å². The fourth-order valence-corrected chi connectivity index (χ4v) is 1.09. The highest BCUT2D eigenvalue weighted by Gasteiger charge is 2.15. The predicted molar refractivity (Wildman–Crippen MR) is 51.2 cm³/mol. The molecule has 2 N–H and O–H groups in total. The van der Waals surface area contributed by atoms with Gasteiger partial charge < -0.3 is 5.73 Å². The van der Waals surface area contributed by atoms with Gasteiger partial charge in [-0.1, -0.05) is 18.2 Å². The number of hydrogen-bond acceptors (Lipinski definition) is 1. The third kappa shape index (κ3) is 3.55. The van der Waals surface area contributed by atoms with Crippen LogP contribution < -0.4 is 5.73 Å². The molecule has 0 unspecified atom stereocenters. The van der Waals surface area contributed by atoms with Crippen LogP contribution in [0.2, 0.25) is 0 Å². The summed E-state index contributed by atoms with van der Waals surface area (Å²) in [6.45, 7) is 0. The van der Waals surface area contributed by atoms with Gasteiger partial charge in [-0.2, -0.15) is 0 Å². The van der Waals surface area contributed by atoms with Crippen molar-refractivity contribution in [1.29, 1.82) is 0 Å². The van der Waals surface area contributed by atoms with Crippen molar-refractivity contribution in [2.24, 2.45) is 5.73 Å². The van der Waals surface area contributed by atoms with E-state index in [0.29, 0.717) is 0 Å². The Hall–Kier alpha value is -0.740. The average molecular weight is 226 g/mol. The van der Waals surface area contributed by atoms with E-state index in [-0.39, 0.29) is 18.0 Å². The lowest BCUT2D eigenvalue weighted by atomic mass is 10.0. The van der Waals surface area contributed by atoms with Crippen molar-refractivity contribution in [2.75, 3.05) is 0 Å². The molecule has 0 spiro atoms. The number of benzene rings is 1. The Kier molecular flexibility index (Phi) is 5.57. The number of alkyl halides is 2. The van der Waals surface area contributed by atoms with Crippen LogP contribution in [-0.2, 0) is 0 Å². The molecule has 0 amide bonds. The highest BCUT2D eigenvalue weighted by Crippen LogP contribution is 2.20. The molecule has 14 heavy (non-hydrogen) atoms. The summed E-state index contributed by atoms with van der Waals surface area (Å²) >= 11 is 0. The maximum atomic E-state index is 13.0. The predicted octanol–water partition coefficient (Wildman–Crippen LogP) is 2.90. The Bertz CT molecular complexity index is 281. The molecular formula is C9H11ClF3N. The van der Waals surface area contributed by atoms with E-state index in [2.05, 4.69) is 0 Å². The first-order valence-electron chi connectivity index (χ1n) is 3.89. The van der Waals surface area contributed by atoms with E-state index >= 15 is 0 Å². The second-order valence-electron chi connectivity index (χ2n) is 2.75. The average Bonchev–Trinajstić information content (AvgIpc) is 2.03. The van der Waals surface area contributed by atoms with Gasteiger partial charge in [-0.05, 0) is 6.07 Å². The van der Waals surface area contributed by atoms with E-state index < -0.39 is 24.7 Å². The molecule has 0 radical (unpaired) electrons. The van der Waals surface area contributed by atoms with Gasteiger partial charge in [0.1, 0.15) is 5.82 Å². The van der Waals surface area contributed by atoms with Gasteiger partial charge >= 0.3 is 0 Å². The SMILES string of the molecule is Cl.N[C@H](CC(F)F)c1ccccc1F. The van der Waals surface area contributed by atoms with Crippen LogP contribution in [-0.4, -0.2) is 6.43 Å². The van der Waals surface area contributed by atoms with Crippen LogP contribution in [0.1, 0.15) is 18.0 Å². The standard InChI is InChI=1S/C9H10F3N.ClH/c10-7-4-2-1-3-6(7)8(13)5-9(11)12;/h1-4,8-9H,5,13H2;1H/t8-;/m1./s1. The van der Waals surface area contributed by atoms with E-state index in [0.717, 1.165) is 0 Å². The van der Waals surface area contributed by atoms with Gasteiger partial charge in [-0.25, -0.2) is 13.2 Å². The summed E-state index contributed by atoms with van der Waals surface area (Å²) < 4.78 is 36.8. The molecule has 1 nitrogen and oxygen atoms in total. The minimum Gasteiger partial charge on any atom is -0.324 e. The minimum atomic E-state index is -2.50.